The second-order valence-corrected chi connectivity index (χ2v) is 10.9. The highest BCUT2D eigenvalue weighted by molar-refractivity contribution is 5.58. The van der Waals surface area contributed by atoms with Crippen LogP contribution in [0.3, 0.4) is 0 Å². The van der Waals surface area contributed by atoms with Crippen molar-refractivity contribution in [1.29, 1.82) is 0 Å². The first-order valence-corrected chi connectivity index (χ1v) is 13.9. The maximum atomic E-state index is 10.6. The fourth-order valence-electron chi connectivity index (χ4n) is 5.66. The van der Waals surface area contributed by atoms with Crippen molar-refractivity contribution in [3.05, 3.63) is 122 Å². The van der Waals surface area contributed by atoms with Gasteiger partial charge in [0.05, 0.1) is 39.6 Å². The van der Waals surface area contributed by atoms with Crippen LogP contribution in [0.15, 0.2) is 60.7 Å². The monoisotopic (exact) mass is 590 g/mol. The summed E-state index contributed by atoms with van der Waals surface area (Å²) in [6.45, 7) is 1.20. The fourth-order valence-corrected chi connectivity index (χ4v) is 5.66. The highest BCUT2D eigenvalue weighted by Crippen LogP contribution is 2.44. The molecule has 1 unspecified atom stereocenters. The third kappa shape index (κ3) is 5.83. The van der Waals surface area contributed by atoms with Gasteiger partial charge in [0, 0.05) is 44.7 Å². The Hall–Kier alpha value is -3.96. The van der Waals surface area contributed by atoms with E-state index in [0.29, 0.717) is 22.3 Å². The lowest BCUT2D eigenvalue weighted by molar-refractivity contribution is 0.262. The molecular formula is C34H38O9. The molecule has 0 radical (unpaired) electrons. The van der Waals surface area contributed by atoms with E-state index < -0.39 is 31.8 Å². The summed E-state index contributed by atoms with van der Waals surface area (Å²) in [5, 5.41) is 90.7. The van der Waals surface area contributed by atoms with E-state index in [-0.39, 0.29) is 58.6 Å². The van der Waals surface area contributed by atoms with Crippen LogP contribution in [-0.2, 0) is 45.1 Å². The van der Waals surface area contributed by atoms with Gasteiger partial charge in [0.1, 0.15) is 17.2 Å². The SMILES string of the molecule is CC(c1ccc(C(C)(c2cc(CO)c(O)c(CO)c2)c2cc(CO)c(O)c(CO)c2)cc1)c1cc(CO)c(O)c(CO)c1. The van der Waals surface area contributed by atoms with Crippen LogP contribution in [0.1, 0.15) is 81.0 Å². The largest absolute Gasteiger partial charge is 0.507 e. The zero-order valence-corrected chi connectivity index (χ0v) is 24.1. The summed E-state index contributed by atoms with van der Waals surface area (Å²) in [4.78, 5) is 0. The zero-order valence-electron chi connectivity index (χ0n) is 24.1. The van der Waals surface area contributed by atoms with Gasteiger partial charge in [-0.25, -0.2) is 0 Å². The van der Waals surface area contributed by atoms with Crippen molar-refractivity contribution in [1.82, 2.24) is 0 Å². The Labute approximate surface area is 249 Å². The molecule has 9 N–H and O–H groups in total. The lowest BCUT2D eigenvalue weighted by Crippen LogP contribution is -2.26. The van der Waals surface area contributed by atoms with E-state index in [1.54, 1.807) is 36.4 Å². The Balaban J connectivity index is 1.92. The van der Waals surface area contributed by atoms with Gasteiger partial charge in [0.2, 0.25) is 0 Å². The molecule has 0 saturated heterocycles. The molecule has 0 aliphatic rings. The lowest BCUT2D eigenvalue weighted by Gasteiger charge is -2.34. The third-order valence-electron chi connectivity index (χ3n) is 8.49. The maximum Gasteiger partial charge on any atom is 0.126 e. The van der Waals surface area contributed by atoms with E-state index in [0.717, 1.165) is 16.7 Å². The Bertz CT molecular complexity index is 1460. The van der Waals surface area contributed by atoms with E-state index in [9.17, 15) is 46.0 Å². The van der Waals surface area contributed by atoms with E-state index in [2.05, 4.69) is 0 Å². The van der Waals surface area contributed by atoms with Crippen LogP contribution in [0, 0.1) is 0 Å². The molecule has 0 heterocycles. The summed E-state index contributed by atoms with van der Waals surface area (Å²) in [7, 11) is 0. The van der Waals surface area contributed by atoms with Crippen molar-refractivity contribution in [3.8, 4) is 17.2 Å². The van der Waals surface area contributed by atoms with Gasteiger partial charge < -0.3 is 46.0 Å². The summed E-state index contributed by atoms with van der Waals surface area (Å²) in [5.41, 5.74) is 4.15. The predicted octanol–water partition coefficient (Wildman–Crippen LogP) is 3.26. The highest BCUT2D eigenvalue weighted by Gasteiger charge is 2.34. The first-order valence-electron chi connectivity index (χ1n) is 13.9. The molecular weight excluding hydrogens is 552 g/mol. The first kappa shape index (κ1) is 32.0. The molecule has 0 aliphatic heterocycles. The van der Waals surface area contributed by atoms with Crippen molar-refractivity contribution in [2.75, 3.05) is 0 Å². The highest BCUT2D eigenvalue weighted by atomic mass is 16.3. The minimum Gasteiger partial charge on any atom is -0.507 e. The Morgan fingerprint density at radius 3 is 1.07 bits per heavy atom. The molecule has 0 amide bonds. The molecule has 0 aliphatic carbocycles. The maximum absolute atomic E-state index is 10.6. The molecule has 9 nitrogen and oxygen atoms in total. The van der Waals surface area contributed by atoms with Gasteiger partial charge in [-0.05, 0) is 71.1 Å². The van der Waals surface area contributed by atoms with E-state index >= 15 is 0 Å². The van der Waals surface area contributed by atoms with Crippen molar-refractivity contribution in [3.63, 3.8) is 0 Å². The summed E-state index contributed by atoms with van der Waals surface area (Å²) in [6.07, 6.45) is 0. The second kappa shape index (κ2) is 13.1. The molecule has 228 valence electrons. The van der Waals surface area contributed by atoms with Crippen molar-refractivity contribution >= 4 is 0 Å². The first-order chi connectivity index (χ1) is 20.6. The Kier molecular flexibility index (Phi) is 9.76. The molecule has 4 aromatic rings. The summed E-state index contributed by atoms with van der Waals surface area (Å²) < 4.78 is 0. The van der Waals surface area contributed by atoms with E-state index in [4.69, 9.17) is 0 Å². The molecule has 4 rings (SSSR count). The predicted molar refractivity (Wildman–Crippen MR) is 159 cm³/mol. The normalized spacial score (nSPS) is 12.5. The number of aliphatic hydroxyl groups is 6. The molecule has 4 aromatic carbocycles. The van der Waals surface area contributed by atoms with Crippen LogP contribution in [0.5, 0.6) is 17.2 Å². The van der Waals surface area contributed by atoms with Crippen LogP contribution in [0.25, 0.3) is 0 Å². The molecule has 1 atom stereocenters. The number of hydrogen-bond donors (Lipinski definition) is 9. The molecule has 0 aromatic heterocycles. The van der Waals surface area contributed by atoms with Crippen LogP contribution in [0.2, 0.25) is 0 Å². The van der Waals surface area contributed by atoms with Crippen LogP contribution < -0.4 is 0 Å². The number of hydrogen-bond acceptors (Lipinski definition) is 9. The van der Waals surface area contributed by atoms with Gasteiger partial charge in [-0.2, -0.15) is 0 Å². The molecule has 0 spiro atoms. The average molecular weight is 591 g/mol. The van der Waals surface area contributed by atoms with Crippen molar-refractivity contribution in [2.45, 2.75) is 64.8 Å². The second-order valence-electron chi connectivity index (χ2n) is 10.9. The van der Waals surface area contributed by atoms with Gasteiger partial charge in [-0.1, -0.05) is 31.2 Å². The standard InChI is InChI=1S/C34H38O9/c1-19(21-7-22(13-35)31(41)23(8-21)14-36)20-3-5-28(6-4-20)34(2,29-9-24(15-37)32(42)25(10-29)16-38)30-11-26(17-39)33(43)27(12-30)18-40/h3-12,19,35-43H,13-18H2,1-2H3. The number of benzene rings is 4. The van der Waals surface area contributed by atoms with Gasteiger partial charge in [0.25, 0.3) is 0 Å². The molecule has 43 heavy (non-hydrogen) atoms. The quantitative estimate of drug-likeness (QED) is 0.118. The van der Waals surface area contributed by atoms with Gasteiger partial charge in [-0.15, -0.1) is 0 Å². The van der Waals surface area contributed by atoms with Gasteiger partial charge in [-0.3, -0.25) is 0 Å². The average Bonchev–Trinajstić information content (AvgIpc) is 3.04. The fraction of sp³-hybridized carbons (Fsp3) is 0.294. The number of aromatic hydroxyl groups is 3. The van der Waals surface area contributed by atoms with Crippen molar-refractivity contribution in [2.24, 2.45) is 0 Å². The lowest BCUT2D eigenvalue weighted by atomic mass is 9.69. The molecule has 0 fully saturated rings. The van der Waals surface area contributed by atoms with Crippen molar-refractivity contribution < 1.29 is 46.0 Å². The third-order valence-corrected chi connectivity index (χ3v) is 8.49. The van der Waals surface area contributed by atoms with Crippen LogP contribution >= 0.6 is 0 Å². The van der Waals surface area contributed by atoms with Crippen LogP contribution in [-0.4, -0.2) is 46.0 Å². The minimum atomic E-state index is -1.02. The minimum absolute atomic E-state index is 0.135. The summed E-state index contributed by atoms with van der Waals surface area (Å²) >= 11 is 0. The van der Waals surface area contributed by atoms with E-state index in [1.165, 1.54) is 0 Å². The topological polar surface area (TPSA) is 182 Å². The Morgan fingerprint density at radius 1 is 0.465 bits per heavy atom. The van der Waals surface area contributed by atoms with E-state index in [1.807, 2.05) is 38.1 Å². The smallest absolute Gasteiger partial charge is 0.126 e. The number of aliphatic hydroxyl groups excluding tert-OH is 6. The molecule has 9 heteroatoms. The van der Waals surface area contributed by atoms with Crippen LogP contribution in [0.4, 0.5) is 0 Å². The molecule has 0 bridgehead atoms. The zero-order chi connectivity index (χ0) is 31.5. The summed E-state index contributed by atoms with van der Waals surface area (Å²) in [5.74, 6) is -0.736. The summed E-state index contributed by atoms with van der Waals surface area (Å²) in [6, 6.07) is 17.6. The number of rotatable bonds is 11. The number of phenols is 3. The molecule has 0 saturated carbocycles. The van der Waals surface area contributed by atoms with Gasteiger partial charge in [0.15, 0.2) is 0 Å². The Morgan fingerprint density at radius 2 is 0.767 bits per heavy atom. The van der Waals surface area contributed by atoms with Gasteiger partial charge >= 0.3 is 0 Å².